The summed E-state index contributed by atoms with van der Waals surface area (Å²) < 4.78 is 18.9. The number of benzene rings is 2. The van der Waals surface area contributed by atoms with Crippen molar-refractivity contribution in [3.63, 3.8) is 0 Å². The number of aromatic nitrogens is 1. The van der Waals surface area contributed by atoms with E-state index in [9.17, 15) is 9.18 Å². The zero-order valence-electron chi connectivity index (χ0n) is 16.7. The summed E-state index contributed by atoms with van der Waals surface area (Å²) in [5, 5.41) is 5.53. The number of nitrogens with zero attached hydrogens (tertiary/aromatic N) is 2. The van der Waals surface area contributed by atoms with E-state index >= 15 is 0 Å². The van der Waals surface area contributed by atoms with Crippen LogP contribution >= 0.6 is 11.3 Å². The molecule has 0 saturated carbocycles. The molecule has 0 saturated heterocycles. The van der Waals surface area contributed by atoms with E-state index in [1.54, 1.807) is 19.2 Å². The Bertz CT molecular complexity index is 974. The molecule has 3 aromatic rings. The minimum atomic E-state index is -0.303. The number of halogens is 1. The number of likely N-dealkylation sites (N-methyl/N-ethyl adjacent to an activating group) is 1. The standard InChI is InChI=1S/C22H24FN3O2S/c1-26(2)19(18-9-4-5-10-20(18)28-3)13-24-21(27)12-17-14-29-22(25-17)15-7-6-8-16(23)11-15/h4-11,14,19H,12-13H2,1-3H3,(H,24,27). The molecule has 1 heterocycles. The SMILES string of the molecule is COc1ccccc1C(CNC(=O)Cc1csc(-c2cccc(F)c2)n1)N(C)C. The summed E-state index contributed by atoms with van der Waals surface area (Å²) in [5.74, 6) is 0.380. The summed E-state index contributed by atoms with van der Waals surface area (Å²) in [6, 6.07) is 14.1. The van der Waals surface area contributed by atoms with Crippen LogP contribution in [0, 0.1) is 5.82 Å². The number of ether oxygens (including phenoxy) is 1. The number of hydrogen-bond acceptors (Lipinski definition) is 5. The number of methoxy groups -OCH3 is 1. The van der Waals surface area contributed by atoms with Crippen molar-refractivity contribution in [2.45, 2.75) is 12.5 Å². The van der Waals surface area contributed by atoms with Gasteiger partial charge in [-0.15, -0.1) is 11.3 Å². The van der Waals surface area contributed by atoms with Crippen molar-refractivity contribution in [1.29, 1.82) is 0 Å². The minimum absolute atomic E-state index is 0.0200. The van der Waals surface area contributed by atoms with Gasteiger partial charge in [-0.2, -0.15) is 0 Å². The van der Waals surface area contributed by atoms with Gasteiger partial charge < -0.3 is 15.0 Å². The van der Waals surface area contributed by atoms with Crippen LogP contribution in [-0.4, -0.2) is 43.5 Å². The number of para-hydroxylation sites is 1. The van der Waals surface area contributed by atoms with Crippen molar-refractivity contribution in [3.8, 4) is 16.3 Å². The fraction of sp³-hybridized carbons (Fsp3) is 0.273. The molecule has 0 aliphatic heterocycles. The smallest absolute Gasteiger partial charge is 0.226 e. The van der Waals surface area contributed by atoms with Crippen LogP contribution in [0.25, 0.3) is 10.6 Å². The average molecular weight is 414 g/mol. The summed E-state index contributed by atoms with van der Waals surface area (Å²) in [6.45, 7) is 0.451. The van der Waals surface area contributed by atoms with Gasteiger partial charge in [0.15, 0.2) is 0 Å². The van der Waals surface area contributed by atoms with E-state index in [0.717, 1.165) is 11.3 Å². The lowest BCUT2D eigenvalue weighted by Gasteiger charge is -2.26. The molecule has 0 fully saturated rings. The van der Waals surface area contributed by atoms with Gasteiger partial charge in [0.1, 0.15) is 16.6 Å². The zero-order chi connectivity index (χ0) is 20.8. The fourth-order valence-corrected chi connectivity index (χ4v) is 3.91. The van der Waals surface area contributed by atoms with Crippen molar-refractivity contribution in [3.05, 3.63) is 71.0 Å². The Hall–Kier alpha value is -2.77. The first kappa shape index (κ1) is 21.0. The van der Waals surface area contributed by atoms with E-state index in [1.807, 2.05) is 48.6 Å². The monoisotopic (exact) mass is 413 g/mol. The number of nitrogens with one attached hydrogen (secondary N) is 1. The number of amides is 1. The summed E-state index contributed by atoms with van der Waals surface area (Å²) in [5.41, 5.74) is 2.40. The fourth-order valence-electron chi connectivity index (χ4n) is 3.09. The maximum Gasteiger partial charge on any atom is 0.226 e. The number of rotatable bonds is 8. The Morgan fingerprint density at radius 2 is 2.03 bits per heavy atom. The lowest BCUT2D eigenvalue weighted by Crippen LogP contribution is -2.35. The highest BCUT2D eigenvalue weighted by atomic mass is 32.1. The van der Waals surface area contributed by atoms with Gasteiger partial charge in [0.05, 0.1) is 25.3 Å². The summed E-state index contributed by atoms with van der Waals surface area (Å²) in [6.07, 6.45) is 0.178. The maximum absolute atomic E-state index is 13.4. The number of carbonyl (C=O) groups excluding carboxylic acids is 1. The van der Waals surface area contributed by atoms with Crippen LogP contribution in [0.1, 0.15) is 17.3 Å². The predicted molar refractivity (Wildman–Crippen MR) is 114 cm³/mol. The number of hydrogen-bond donors (Lipinski definition) is 1. The molecule has 3 rings (SSSR count). The quantitative estimate of drug-likeness (QED) is 0.608. The Balaban J connectivity index is 1.63. The largest absolute Gasteiger partial charge is 0.496 e. The van der Waals surface area contributed by atoms with Gasteiger partial charge in [0, 0.05) is 23.1 Å². The molecule has 7 heteroatoms. The van der Waals surface area contributed by atoms with Crippen LogP contribution < -0.4 is 10.1 Å². The molecule has 0 aliphatic carbocycles. The molecule has 1 aromatic heterocycles. The second-order valence-corrected chi connectivity index (χ2v) is 7.71. The normalized spacial score (nSPS) is 12.0. The maximum atomic E-state index is 13.4. The highest BCUT2D eigenvalue weighted by Crippen LogP contribution is 2.27. The molecule has 0 radical (unpaired) electrons. The lowest BCUT2D eigenvalue weighted by molar-refractivity contribution is -0.120. The van der Waals surface area contributed by atoms with E-state index in [2.05, 4.69) is 10.3 Å². The van der Waals surface area contributed by atoms with Gasteiger partial charge in [-0.1, -0.05) is 30.3 Å². The predicted octanol–water partition coefficient (Wildman–Crippen LogP) is 3.92. The third-order valence-electron chi connectivity index (χ3n) is 4.58. The molecular formula is C22H24FN3O2S. The first-order chi connectivity index (χ1) is 14.0. The van der Waals surface area contributed by atoms with Crippen LogP contribution in [0.15, 0.2) is 53.9 Å². The third kappa shape index (κ3) is 5.40. The molecule has 0 bridgehead atoms. The number of thiazole rings is 1. The first-order valence-corrected chi connectivity index (χ1v) is 10.1. The van der Waals surface area contributed by atoms with Crippen LogP contribution in [-0.2, 0) is 11.2 Å². The highest BCUT2D eigenvalue weighted by molar-refractivity contribution is 7.13. The van der Waals surface area contributed by atoms with E-state index in [4.69, 9.17) is 4.74 Å². The van der Waals surface area contributed by atoms with Gasteiger partial charge in [0.25, 0.3) is 0 Å². The highest BCUT2D eigenvalue weighted by Gasteiger charge is 2.19. The van der Waals surface area contributed by atoms with Gasteiger partial charge in [-0.3, -0.25) is 4.79 Å². The van der Waals surface area contributed by atoms with Crippen molar-refractivity contribution in [2.75, 3.05) is 27.7 Å². The van der Waals surface area contributed by atoms with E-state index in [0.29, 0.717) is 22.8 Å². The lowest BCUT2D eigenvalue weighted by atomic mass is 10.0. The van der Waals surface area contributed by atoms with Gasteiger partial charge >= 0.3 is 0 Å². The molecule has 152 valence electrons. The Labute approximate surface area is 174 Å². The topological polar surface area (TPSA) is 54.5 Å². The molecule has 2 aromatic carbocycles. The van der Waals surface area contributed by atoms with Crippen molar-refractivity contribution < 1.29 is 13.9 Å². The van der Waals surface area contributed by atoms with Crippen molar-refractivity contribution in [1.82, 2.24) is 15.2 Å². The minimum Gasteiger partial charge on any atom is -0.496 e. The molecule has 0 spiro atoms. The summed E-state index contributed by atoms with van der Waals surface area (Å²) in [7, 11) is 5.58. The number of carbonyl (C=O) groups is 1. The molecule has 1 unspecified atom stereocenters. The average Bonchev–Trinajstić information content (AvgIpc) is 3.16. The Kier molecular flexibility index (Phi) is 6.95. The molecule has 0 aliphatic rings. The second-order valence-electron chi connectivity index (χ2n) is 6.86. The first-order valence-electron chi connectivity index (χ1n) is 9.24. The molecule has 1 N–H and O–H groups in total. The summed E-state index contributed by atoms with van der Waals surface area (Å²) in [4.78, 5) is 19.0. The third-order valence-corrected chi connectivity index (χ3v) is 5.52. The molecule has 5 nitrogen and oxygen atoms in total. The van der Waals surface area contributed by atoms with E-state index < -0.39 is 0 Å². The van der Waals surface area contributed by atoms with Crippen molar-refractivity contribution in [2.24, 2.45) is 0 Å². The van der Waals surface area contributed by atoms with E-state index in [-0.39, 0.29) is 24.2 Å². The van der Waals surface area contributed by atoms with Gasteiger partial charge in [-0.05, 0) is 32.3 Å². The van der Waals surface area contributed by atoms with Crippen LogP contribution in [0.5, 0.6) is 5.75 Å². The van der Waals surface area contributed by atoms with E-state index in [1.165, 1.54) is 23.5 Å². The van der Waals surface area contributed by atoms with Crippen LogP contribution in [0.3, 0.4) is 0 Å². The van der Waals surface area contributed by atoms with Gasteiger partial charge in [-0.25, -0.2) is 9.37 Å². The molecule has 1 atom stereocenters. The molecular weight excluding hydrogens is 389 g/mol. The molecule has 1 amide bonds. The Morgan fingerprint density at radius 3 is 2.76 bits per heavy atom. The Morgan fingerprint density at radius 1 is 1.24 bits per heavy atom. The summed E-state index contributed by atoms with van der Waals surface area (Å²) >= 11 is 1.40. The second kappa shape index (κ2) is 9.62. The van der Waals surface area contributed by atoms with Gasteiger partial charge in [0.2, 0.25) is 5.91 Å². The van der Waals surface area contributed by atoms with Crippen LogP contribution in [0.2, 0.25) is 0 Å². The van der Waals surface area contributed by atoms with Crippen LogP contribution in [0.4, 0.5) is 4.39 Å². The molecule has 29 heavy (non-hydrogen) atoms. The van der Waals surface area contributed by atoms with Crippen molar-refractivity contribution >= 4 is 17.2 Å². The zero-order valence-corrected chi connectivity index (χ0v) is 17.5.